The molecular formula is C21H40O5. The van der Waals surface area contributed by atoms with Crippen LogP contribution in [0, 0.1) is 0 Å². The maximum absolute atomic E-state index is 9.86. The first kappa shape index (κ1) is 23.6. The van der Waals surface area contributed by atoms with E-state index in [1.54, 1.807) is 0 Å². The van der Waals surface area contributed by atoms with Crippen LogP contribution in [0.2, 0.25) is 0 Å². The molecule has 0 aliphatic carbocycles. The van der Waals surface area contributed by atoms with Crippen LogP contribution < -0.4 is 0 Å². The second-order valence-corrected chi connectivity index (χ2v) is 7.34. The summed E-state index contributed by atoms with van der Waals surface area (Å²) in [4.78, 5) is 0. The summed E-state index contributed by atoms with van der Waals surface area (Å²) in [6.45, 7) is 2.41. The van der Waals surface area contributed by atoms with Gasteiger partial charge in [-0.1, -0.05) is 63.5 Å². The van der Waals surface area contributed by atoms with Crippen molar-refractivity contribution in [1.82, 2.24) is 0 Å². The van der Waals surface area contributed by atoms with Crippen molar-refractivity contribution in [2.24, 2.45) is 0 Å². The van der Waals surface area contributed by atoms with Gasteiger partial charge < -0.3 is 24.8 Å². The van der Waals surface area contributed by atoms with Crippen molar-refractivity contribution >= 4 is 0 Å². The molecular weight excluding hydrogens is 332 g/mol. The van der Waals surface area contributed by atoms with Gasteiger partial charge in [0.2, 0.25) is 0 Å². The number of hydrogen-bond donors (Lipinski definition) is 3. The molecule has 0 spiro atoms. The Kier molecular flexibility index (Phi) is 14.1. The molecule has 0 aromatic carbocycles. The molecule has 1 rings (SSSR count). The Morgan fingerprint density at radius 1 is 1.00 bits per heavy atom. The summed E-state index contributed by atoms with van der Waals surface area (Å²) in [5, 5.41) is 28.6. The molecule has 1 fully saturated rings. The van der Waals surface area contributed by atoms with Gasteiger partial charge in [0, 0.05) is 6.61 Å². The van der Waals surface area contributed by atoms with Gasteiger partial charge in [-0.25, -0.2) is 0 Å². The van der Waals surface area contributed by atoms with E-state index in [0.29, 0.717) is 6.61 Å². The molecule has 0 bridgehead atoms. The van der Waals surface area contributed by atoms with E-state index < -0.39 is 24.4 Å². The maximum atomic E-state index is 9.86. The summed E-state index contributed by atoms with van der Waals surface area (Å²) < 4.78 is 11.0. The zero-order valence-electron chi connectivity index (χ0n) is 16.5. The molecule has 1 aliphatic rings. The minimum Gasteiger partial charge on any atom is -0.394 e. The van der Waals surface area contributed by atoms with Crippen molar-refractivity contribution in [3.8, 4) is 0 Å². The van der Waals surface area contributed by atoms with Gasteiger partial charge in [0.05, 0.1) is 13.2 Å². The molecule has 1 aliphatic heterocycles. The highest BCUT2D eigenvalue weighted by Crippen LogP contribution is 2.21. The van der Waals surface area contributed by atoms with Crippen molar-refractivity contribution in [2.45, 2.75) is 102 Å². The van der Waals surface area contributed by atoms with Crippen molar-refractivity contribution in [3.05, 3.63) is 12.2 Å². The number of hydrogen-bond acceptors (Lipinski definition) is 5. The molecule has 0 aromatic rings. The number of allylic oxidation sites excluding steroid dienone is 2. The van der Waals surface area contributed by atoms with E-state index >= 15 is 0 Å². The SMILES string of the molecule is C/C=C/CCCCCCCCCCCCO[C@H]1[C@@H]([C@H](O)CO)OC[C@@H]1O. The lowest BCUT2D eigenvalue weighted by molar-refractivity contribution is -0.0938. The third-order valence-electron chi connectivity index (χ3n) is 5.04. The summed E-state index contributed by atoms with van der Waals surface area (Å²) in [5.74, 6) is 0. The summed E-state index contributed by atoms with van der Waals surface area (Å²) in [6, 6.07) is 0. The quantitative estimate of drug-likeness (QED) is 0.286. The highest BCUT2D eigenvalue weighted by Gasteiger charge is 2.40. The van der Waals surface area contributed by atoms with Crippen LogP contribution in [-0.2, 0) is 9.47 Å². The number of aliphatic hydroxyl groups excluding tert-OH is 3. The standard InChI is InChI=1S/C21H40O5/c1-2-3-4-5-6-7-8-9-10-11-12-13-14-15-25-21-19(24)17-26-20(21)18(23)16-22/h2-3,18-24H,4-17H2,1H3/b3-2+/t18-,19+,20-,21-/m1/s1. The molecule has 3 N–H and O–H groups in total. The van der Waals surface area contributed by atoms with Gasteiger partial charge in [-0.15, -0.1) is 0 Å². The minimum atomic E-state index is -1.000. The summed E-state index contributed by atoms with van der Waals surface area (Å²) in [6.07, 6.45) is 15.3. The number of aliphatic hydroxyl groups is 3. The molecule has 0 unspecified atom stereocenters. The molecule has 4 atom stereocenters. The number of unbranched alkanes of at least 4 members (excludes halogenated alkanes) is 10. The highest BCUT2D eigenvalue weighted by atomic mass is 16.6. The predicted octanol–water partition coefficient (Wildman–Crippen LogP) is 3.35. The first-order valence-electron chi connectivity index (χ1n) is 10.5. The van der Waals surface area contributed by atoms with E-state index in [4.69, 9.17) is 14.6 Å². The van der Waals surface area contributed by atoms with E-state index in [0.717, 1.165) is 12.8 Å². The fraction of sp³-hybridized carbons (Fsp3) is 0.905. The Labute approximate surface area is 159 Å². The summed E-state index contributed by atoms with van der Waals surface area (Å²) in [5.41, 5.74) is 0. The van der Waals surface area contributed by atoms with Gasteiger partial charge in [-0.2, -0.15) is 0 Å². The minimum absolute atomic E-state index is 0.154. The third-order valence-corrected chi connectivity index (χ3v) is 5.04. The average molecular weight is 373 g/mol. The lowest BCUT2D eigenvalue weighted by Crippen LogP contribution is -2.42. The first-order chi connectivity index (χ1) is 12.7. The zero-order valence-corrected chi connectivity index (χ0v) is 16.5. The second kappa shape index (κ2) is 15.6. The Balaban J connectivity index is 1.90. The highest BCUT2D eigenvalue weighted by molar-refractivity contribution is 4.89. The van der Waals surface area contributed by atoms with Gasteiger partial charge in [0.25, 0.3) is 0 Å². The lowest BCUT2D eigenvalue weighted by atomic mass is 10.1. The van der Waals surface area contributed by atoms with Crippen molar-refractivity contribution in [1.29, 1.82) is 0 Å². The molecule has 26 heavy (non-hydrogen) atoms. The molecule has 0 amide bonds. The van der Waals surface area contributed by atoms with Gasteiger partial charge in [0.15, 0.2) is 0 Å². The molecule has 0 aromatic heterocycles. The Hall–Kier alpha value is -0.460. The second-order valence-electron chi connectivity index (χ2n) is 7.34. The summed E-state index contributed by atoms with van der Waals surface area (Å²) in [7, 11) is 0. The topological polar surface area (TPSA) is 79.2 Å². The van der Waals surface area contributed by atoms with E-state index in [1.807, 2.05) is 0 Å². The van der Waals surface area contributed by atoms with Crippen molar-refractivity contribution in [3.63, 3.8) is 0 Å². The smallest absolute Gasteiger partial charge is 0.114 e. The van der Waals surface area contributed by atoms with Crippen LogP contribution >= 0.6 is 0 Å². The molecule has 5 nitrogen and oxygen atoms in total. The Morgan fingerprint density at radius 3 is 2.15 bits per heavy atom. The van der Waals surface area contributed by atoms with Crippen LogP contribution in [0.3, 0.4) is 0 Å². The van der Waals surface area contributed by atoms with Crippen LogP contribution in [0.25, 0.3) is 0 Å². The van der Waals surface area contributed by atoms with Crippen LogP contribution in [-0.4, -0.2) is 59.6 Å². The van der Waals surface area contributed by atoms with Gasteiger partial charge in [-0.3, -0.25) is 0 Å². The monoisotopic (exact) mass is 372 g/mol. The maximum Gasteiger partial charge on any atom is 0.114 e. The zero-order chi connectivity index (χ0) is 19.0. The normalized spacial score (nSPS) is 24.5. The predicted molar refractivity (Wildman–Crippen MR) is 104 cm³/mol. The fourth-order valence-electron chi connectivity index (χ4n) is 3.42. The Morgan fingerprint density at radius 2 is 1.58 bits per heavy atom. The summed E-state index contributed by atoms with van der Waals surface area (Å²) >= 11 is 0. The third kappa shape index (κ3) is 10.0. The van der Waals surface area contributed by atoms with E-state index in [-0.39, 0.29) is 13.2 Å². The van der Waals surface area contributed by atoms with Crippen molar-refractivity contribution in [2.75, 3.05) is 19.8 Å². The number of ether oxygens (including phenoxy) is 2. The van der Waals surface area contributed by atoms with Crippen LogP contribution in [0.15, 0.2) is 12.2 Å². The molecule has 0 saturated carbocycles. The number of rotatable bonds is 16. The average Bonchev–Trinajstić information content (AvgIpc) is 3.02. The molecule has 0 radical (unpaired) electrons. The van der Waals surface area contributed by atoms with E-state index in [9.17, 15) is 10.2 Å². The van der Waals surface area contributed by atoms with Crippen LogP contribution in [0.1, 0.15) is 77.6 Å². The van der Waals surface area contributed by atoms with Crippen LogP contribution in [0.5, 0.6) is 0 Å². The molecule has 154 valence electrons. The fourth-order valence-corrected chi connectivity index (χ4v) is 3.42. The molecule has 1 saturated heterocycles. The van der Waals surface area contributed by atoms with E-state index in [2.05, 4.69) is 19.1 Å². The van der Waals surface area contributed by atoms with Gasteiger partial charge >= 0.3 is 0 Å². The van der Waals surface area contributed by atoms with Crippen LogP contribution in [0.4, 0.5) is 0 Å². The van der Waals surface area contributed by atoms with Gasteiger partial charge in [-0.05, 0) is 26.2 Å². The first-order valence-corrected chi connectivity index (χ1v) is 10.5. The largest absolute Gasteiger partial charge is 0.394 e. The van der Waals surface area contributed by atoms with Gasteiger partial charge in [0.1, 0.15) is 24.4 Å². The molecule has 1 heterocycles. The lowest BCUT2D eigenvalue weighted by Gasteiger charge is -2.23. The van der Waals surface area contributed by atoms with Crippen molar-refractivity contribution < 1.29 is 24.8 Å². The molecule has 5 heteroatoms. The Bertz CT molecular complexity index is 347. The van der Waals surface area contributed by atoms with E-state index in [1.165, 1.54) is 57.8 Å².